The molecule has 0 aromatic heterocycles. The van der Waals surface area contributed by atoms with Gasteiger partial charge in [0.25, 0.3) is 0 Å². The van der Waals surface area contributed by atoms with Gasteiger partial charge in [0.1, 0.15) is 0 Å². The Labute approximate surface area is 116 Å². The van der Waals surface area contributed by atoms with Gasteiger partial charge in [-0.05, 0) is 18.9 Å². The van der Waals surface area contributed by atoms with Gasteiger partial charge in [-0.1, -0.05) is 50.3 Å². The van der Waals surface area contributed by atoms with Crippen LogP contribution in [0.2, 0.25) is 0 Å². The number of rotatable bonds is 9. The molecule has 0 aliphatic heterocycles. The predicted octanol–water partition coefficient (Wildman–Crippen LogP) is 5.14. The molecule has 0 amide bonds. The summed E-state index contributed by atoms with van der Waals surface area (Å²) in [6.45, 7) is 8.10. The van der Waals surface area contributed by atoms with Crippen LogP contribution in [0.15, 0.2) is 42.7 Å². The largest absolute Gasteiger partial charge is 0.429 e. The van der Waals surface area contributed by atoms with Crippen LogP contribution >= 0.6 is 7.60 Å². The van der Waals surface area contributed by atoms with E-state index >= 15 is 0 Å². The Hall–Kier alpha value is -1.05. The lowest BCUT2D eigenvalue weighted by atomic mass is 10.2. The normalized spacial score (nSPS) is 13.8. The van der Waals surface area contributed by atoms with Crippen molar-refractivity contribution in [3.8, 4) is 0 Å². The SMILES string of the molecule is C=C(CCCC)OP(=O)(Cc1ccccc1)OCC. The zero-order chi connectivity index (χ0) is 14.1. The number of hydrogen-bond acceptors (Lipinski definition) is 3. The van der Waals surface area contributed by atoms with Crippen molar-refractivity contribution in [3.63, 3.8) is 0 Å². The molecule has 0 heterocycles. The zero-order valence-electron chi connectivity index (χ0n) is 11.8. The van der Waals surface area contributed by atoms with Gasteiger partial charge in [-0.3, -0.25) is 4.52 Å². The van der Waals surface area contributed by atoms with Crippen molar-refractivity contribution < 1.29 is 13.6 Å². The summed E-state index contributed by atoms with van der Waals surface area (Å²) in [4.78, 5) is 0. The first-order valence-corrected chi connectivity index (χ1v) is 8.47. The van der Waals surface area contributed by atoms with Gasteiger partial charge in [0.15, 0.2) is 0 Å². The van der Waals surface area contributed by atoms with E-state index < -0.39 is 7.60 Å². The first-order chi connectivity index (χ1) is 9.09. The van der Waals surface area contributed by atoms with Crippen LogP contribution < -0.4 is 0 Å². The van der Waals surface area contributed by atoms with Gasteiger partial charge < -0.3 is 4.52 Å². The number of unbranched alkanes of at least 4 members (excludes halogenated alkanes) is 1. The molecule has 19 heavy (non-hydrogen) atoms. The van der Waals surface area contributed by atoms with E-state index in [1.165, 1.54) is 0 Å². The molecule has 0 spiro atoms. The molecule has 0 saturated carbocycles. The third-order valence-electron chi connectivity index (χ3n) is 2.62. The standard InChI is InChI=1S/C15H23O3P/c1-4-6-10-14(3)18-19(16,17-5-2)13-15-11-8-7-9-12-15/h7-9,11-12H,3-6,10,13H2,1-2H3. The van der Waals surface area contributed by atoms with E-state index in [2.05, 4.69) is 13.5 Å². The molecule has 1 aromatic carbocycles. The highest BCUT2D eigenvalue weighted by atomic mass is 31.2. The van der Waals surface area contributed by atoms with Crippen molar-refractivity contribution in [3.05, 3.63) is 48.2 Å². The van der Waals surface area contributed by atoms with Crippen LogP contribution in [0.25, 0.3) is 0 Å². The molecule has 1 rings (SSSR count). The Kier molecular flexibility index (Phi) is 6.90. The third kappa shape index (κ3) is 6.09. The van der Waals surface area contributed by atoms with Gasteiger partial charge in [-0.2, -0.15) is 0 Å². The Morgan fingerprint density at radius 3 is 2.53 bits per heavy atom. The van der Waals surface area contributed by atoms with E-state index in [4.69, 9.17) is 9.05 Å². The van der Waals surface area contributed by atoms with E-state index in [9.17, 15) is 4.57 Å². The highest BCUT2D eigenvalue weighted by Crippen LogP contribution is 2.53. The maximum Gasteiger partial charge on any atom is 0.383 e. The predicted molar refractivity (Wildman–Crippen MR) is 79.1 cm³/mol. The van der Waals surface area contributed by atoms with Gasteiger partial charge in [0, 0.05) is 6.42 Å². The Balaban J connectivity index is 2.68. The van der Waals surface area contributed by atoms with E-state index in [-0.39, 0.29) is 6.16 Å². The second kappa shape index (κ2) is 8.19. The van der Waals surface area contributed by atoms with Crippen molar-refractivity contribution in [2.75, 3.05) is 6.61 Å². The van der Waals surface area contributed by atoms with Crippen LogP contribution in [0.4, 0.5) is 0 Å². The first kappa shape index (κ1) is 16.0. The molecule has 1 aromatic rings. The maximum atomic E-state index is 12.7. The fraction of sp³-hybridized carbons (Fsp3) is 0.467. The zero-order valence-corrected chi connectivity index (χ0v) is 12.7. The molecule has 0 saturated heterocycles. The quantitative estimate of drug-likeness (QED) is 0.465. The topological polar surface area (TPSA) is 35.5 Å². The molecule has 4 heteroatoms. The summed E-state index contributed by atoms with van der Waals surface area (Å²) in [5.74, 6) is 0.551. The minimum atomic E-state index is -3.14. The van der Waals surface area contributed by atoms with Gasteiger partial charge >= 0.3 is 7.60 Å². The average Bonchev–Trinajstić information content (AvgIpc) is 2.37. The summed E-state index contributed by atoms with van der Waals surface area (Å²) in [5, 5.41) is 0. The lowest BCUT2D eigenvalue weighted by Gasteiger charge is -2.20. The van der Waals surface area contributed by atoms with Crippen LogP contribution in [-0.2, 0) is 19.8 Å². The molecule has 0 aliphatic rings. The van der Waals surface area contributed by atoms with E-state index in [0.717, 1.165) is 24.8 Å². The fourth-order valence-electron chi connectivity index (χ4n) is 1.72. The van der Waals surface area contributed by atoms with Crippen molar-refractivity contribution >= 4 is 7.60 Å². The molecule has 0 bridgehead atoms. The lowest BCUT2D eigenvalue weighted by Crippen LogP contribution is -1.99. The number of allylic oxidation sites excluding steroid dienone is 1. The molecule has 0 aliphatic carbocycles. The lowest BCUT2D eigenvalue weighted by molar-refractivity contribution is 0.244. The van der Waals surface area contributed by atoms with Gasteiger partial charge in [0.05, 0.1) is 18.5 Å². The summed E-state index contributed by atoms with van der Waals surface area (Å²) >= 11 is 0. The van der Waals surface area contributed by atoms with E-state index in [0.29, 0.717) is 12.4 Å². The fourth-order valence-corrected chi connectivity index (χ4v) is 3.47. The summed E-state index contributed by atoms with van der Waals surface area (Å²) in [7, 11) is -3.14. The molecular formula is C15H23O3P. The molecule has 106 valence electrons. The highest BCUT2D eigenvalue weighted by Gasteiger charge is 2.26. The molecule has 0 N–H and O–H groups in total. The number of hydrogen-bond donors (Lipinski definition) is 0. The Bertz CT molecular complexity index is 428. The molecular weight excluding hydrogens is 259 g/mol. The van der Waals surface area contributed by atoms with Crippen LogP contribution in [0.1, 0.15) is 38.7 Å². The monoisotopic (exact) mass is 282 g/mol. The van der Waals surface area contributed by atoms with Crippen LogP contribution in [0.5, 0.6) is 0 Å². The van der Waals surface area contributed by atoms with Crippen LogP contribution in [0, 0.1) is 0 Å². The van der Waals surface area contributed by atoms with Gasteiger partial charge in [-0.15, -0.1) is 0 Å². The Morgan fingerprint density at radius 2 is 1.95 bits per heavy atom. The summed E-state index contributed by atoms with van der Waals surface area (Å²) < 4.78 is 23.5. The van der Waals surface area contributed by atoms with E-state index in [1.807, 2.05) is 37.3 Å². The number of benzene rings is 1. The highest BCUT2D eigenvalue weighted by molar-refractivity contribution is 7.53. The molecule has 1 atom stereocenters. The summed E-state index contributed by atoms with van der Waals surface area (Å²) in [6, 6.07) is 9.60. The van der Waals surface area contributed by atoms with Gasteiger partial charge in [-0.25, -0.2) is 4.57 Å². The first-order valence-electron chi connectivity index (χ1n) is 6.74. The minimum absolute atomic E-state index is 0.285. The van der Waals surface area contributed by atoms with Gasteiger partial charge in [0.2, 0.25) is 0 Å². The van der Waals surface area contributed by atoms with Crippen molar-refractivity contribution in [2.24, 2.45) is 0 Å². The average molecular weight is 282 g/mol. The molecule has 0 fully saturated rings. The van der Waals surface area contributed by atoms with Crippen LogP contribution in [-0.4, -0.2) is 6.61 Å². The third-order valence-corrected chi connectivity index (χ3v) is 4.56. The van der Waals surface area contributed by atoms with Crippen molar-refractivity contribution in [1.29, 1.82) is 0 Å². The molecule has 3 nitrogen and oxygen atoms in total. The summed E-state index contributed by atoms with van der Waals surface area (Å²) in [5.41, 5.74) is 0.947. The second-order valence-electron chi connectivity index (χ2n) is 4.41. The minimum Gasteiger partial charge on any atom is -0.429 e. The maximum absolute atomic E-state index is 12.7. The van der Waals surface area contributed by atoms with E-state index in [1.54, 1.807) is 0 Å². The smallest absolute Gasteiger partial charge is 0.383 e. The second-order valence-corrected chi connectivity index (χ2v) is 6.38. The van der Waals surface area contributed by atoms with Crippen molar-refractivity contribution in [2.45, 2.75) is 39.3 Å². The Morgan fingerprint density at radius 1 is 1.26 bits per heavy atom. The van der Waals surface area contributed by atoms with Crippen molar-refractivity contribution in [1.82, 2.24) is 0 Å². The van der Waals surface area contributed by atoms with Crippen LogP contribution in [0.3, 0.4) is 0 Å². The molecule has 1 unspecified atom stereocenters. The summed E-state index contributed by atoms with van der Waals surface area (Å²) in [6.07, 6.45) is 3.05. The molecule has 0 radical (unpaired) electrons.